The standard InChI is InChI=1S/C19H20FNO2/c20-18-9-5-4-8-16(18)12-19(22)21-11-10-17(13-21)23-14-15-6-2-1-3-7-15/h1-9,17H,10-14H2/t17-/m0/s1. The Bertz CT molecular complexity index is 659. The maximum Gasteiger partial charge on any atom is 0.227 e. The quantitative estimate of drug-likeness (QED) is 0.848. The molecule has 1 amide bonds. The topological polar surface area (TPSA) is 29.5 Å². The highest BCUT2D eigenvalue weighted by Gasteiger charge is 2.27. The molecule has 0 saturated carbocycles. The first kappa shape index (κ1) is 15.7. The van der Waals surface area contributed by atoms with E-state index >= 15 is 0 Å². The lowest BCUT2D eigenvalue weighted by molar-refractivity contribution is -0.130. The van der Waals surface area contributed by atoms with Crippen LogP contribution in [0.3, 0.4) is 0 Å². The summed E-state index contributed by atoms with van der Waals surface area (Å²) in [6.45, 7) is 1.81. The second-order valence-corrected chi connectivity index (χ2v) is 5.82. The number of nitrogens with zero attached hydrogens (tertiary/aromatic N) is 1. The number of likely N-dealkylation sites (tertiary alicyclic amines) is 1. The highest BCUT2D eigenvalue weighted by molar-refractivity contribution is 5.79. The van der Waals surface area contributed by atoms with E-state index < -0.39 is 0 Å². The van der Waals surface area contributed by atoms with Crippen molar-refractivity contribution in [1.82, 2.24) is 4.90 Å². The summed E-state index contributed by atoms with van der Waals surface area (Å²) in [4.78, 5) is 14.1. The van der Waals surface area contributed by atoms with E-state index in [0.717, 1.165) is 12.0 Å². The van der Waals surface area contributed by atoms with Crippen molar-refractivity contribution in [3.8, 4) is 0 Å². The molecule has 0 aromatic heterocycles. The second-order valence-electron chi connectivity index (χ2n) is 5.82. The number of benzene rings is 2. The molecule has 3 rings (SSSR count). The van der Waals surface area contributed by atoms with E-state index in [4.69, 9.17) is 4.74 Å². The van der Waals surface area contributed by atoms with Gasteiger partial charge in [0.05, 0.1) is 19.1 Å². The predicted molar refractivity (Wildman–Crippen MR) is 86.3 cm³/mol. The van der Waals surface area contributed by atoms with Crippen molar-refractivity contribution in [2.75, 3.05) is 13.1 Å². The zero-order valence-electron chi connectivity index (χ0n) is 13.0. The van der Waals surface area contributed by atoms with Crippen LogP contribution in [-0.2, 0) is 22.6 Å². The average Bonchev–Trinajstić information content (AvgIpc) is 3.05. The molecule has 0 aliphatic carbocycles. The van der Waals surface area contributed by atoms with Crippen LogP contribution in [0.5, 0.6) is 0 Å². The predicted octanol–water partition coefficient (Wildman–Crippen LogP) is 3.19. The number of carbonyl (C=O) groups is 1. The van der Waals surface area contributed by atoms with Gasteiger partial charge in [-0.3, -0.25) is 4.79 Å². The van der Waals surface area contributed by atoms with E-state index in [1.807, 2.05) is 30.3 Å². The van der Waals surface area contributed by atoms with Gasteiger partial charge in [-0.1, -0.05) is 48.5 Å². The number of hydrogen-bond donors (Lipinski definition) is 0. The number of ether oxygens (including phenoxy) is 1. The molecule has 0 bridgehead atoms. The average molecular weight is 313 g/mol. The Morgan fingerprint density at radius 1 is 1.13 bits per heavy atom. The number of halogens is 1. The fourth-order valence-corrected chi connectivity index (χ4v) is 2.80. The largest absolute Gasteiger partial charge is 0.372 e. The van der Waals surface area contributed by atoms with E-state index in [1.165, 1.54) is 6.07 Å². The van der Waals surface area contributed by atoms with Crippen molar-refractivity contribution in [3.63, 3.8) is 0 Å². The van der Waals surface area contributed by atoms with E-state index in [1.54, 1.807) is 23.1 Å². The van der Waals surface area contributed by atoms with Crippen LogP contribution < -0.4 is 0 Å². The number of hydrogen-bond acceptors (Lipinski definition) is 2. The van der Waals surface area contributed by atoms with Gasteiger partial charge in [-0.2, -0.15) is 0 Å². The van der Waals surface area contributed by atoms with Crippen molar-refractivity contribution in [3.05, 3.63) is 71.5 Å². The zero-order valence-corrected chi connectivity index (χ0v) is 13.0. The third-order valence-electron chi connectivity index (χ3n) is 4.13. The third kappa shape index (κ3) is 4.17. The fourth-order valence-electron chi connectivity index (χ4n) is 2.80. The Kier molecular flexibility index (Phi) is 5.03. The van der Waals surface area contributed by atoms with Crippen LogP contribution in [-0.4, -0.2) is 30.0 Å². The first-order valence-electron chi connectivity index (χ1n) is 7.89. The molecule has 1 saturated heterocycles. The number of carbonyl (C=O) groups excluding carboxylic acids is 1. The van der Waals surface area contributed by atoms with Crippen LogP contribution in [0.2, 0.25) is 0 Å². The van der Waals surface area contributed by atoms with Gasteiger partial charge in [0.2, 0.25) is 5.91 Å². The summed E-state index contributed by atoms with van der Waals surface area (Å²) in [6.07, 6.45) is 0.994. The smallest absolute Gasteiger partial charge is 0.227 e. The molecule has 0 unspecified atom stereocenters. The molecular formula is C19H20FNO2. The molecule has 1 heterocycles. The molecule has 1 aliphatic rings. The molecule has 0 spiro atoms. The lowest BCUT2D eigenvalue weighted by Gasteiger charge is -2.17. The van der Waals surface area contributed by atoms with Crippen molar-refractivity contribution in [2.45, 2.75) is 25.6 Å². The molecule has 2 aromatic carbocycles. The molecule has 1 fully saturated rings. The van der Waals surface area contributed by atoms with Crippen LogP contribution in [0.1, 0.15) is 17.5 Å². The SMILES string of the molecule is O=C(Cc1ccccc1F)N1CC[C@H](OCc2ccccc2)C1. The number of rotatable bonds is 5. The van der Waals surface area contributed by atoms with Gasteiger partial charge in [0.25, 0.3) is 0 Å². The van der Waals surface area contributed by atoms with E-state index in [0.29, 0.717) is 25.3 Å². The normalized spacial score (nSPS) is 17.4. The summed E-state index contributed by atoms with van der Waals surface area (Å²) in [6, 6.07) is 16.4. The van der Waals surface area contributed by atoms with Crippen LogP contribution in [0.25, 0.3) is 0 Å². The summed E-state index contributed by atoms with van der Waals surface area (Å²) in [5.41, 5.74) is 1.58. The van der Waals surface area contributed by atoms with Crippen molar-refractivity contribution in [2.24, 2.45) is 0 Å². The minimum Gasteiger partial charge on any atom is -0.372 e. The fraction of sp³-hybridized carbons (Fsp3) is 0.316. The molecule has 23 heavy (non-hydrogen) atoms. The molecule has 3 nitrogen and oxygen atoms in total. The maximum absolute atomic E-state index is 13.6. The molecule has 0 N–H and O–H groups in total. The third-order valence-corrected chi connectivity index (χ3v) is 4.13. The summed E-state index contributed by atoms with van der Waals surface area (Å²) >= 11 is 0. The second kappa shape index (κ2) is 7.38. The van der Waals surface area contributed by atoms with Crippen LogP contribution in [0.15, 0.2) is 54.6 Å². The Balaban J connectivity index is 1.49. The number of amides is 1. The van der Waals surface area contributed by atoms with Gasteiger partial charge >= 0.3 is 0 Å². The van der Waals surface area contributed by atoms with Gasteiger partial charge in [-0.15, -0.1) is 0 Å². The van der Waals surface area contributed by atoms with Crippen molar-refractivity contribution in [1.29, 1.82) is 0 Å². The lowest BCUT2D eigenvalue weighted by Crippen LogP contribution is -2.31. The van der Waals surface area contributed by atoms with Crippen LogP contribution in [0, 0.1) is 5.82 Å². The molecule has 4 heteroatoms. The van der Waals surface area contributed by atoms with Gasteiger partial charge in [-0.05, 0) is 23.6 Å². The molecule has 0 radical (unpaired) electrons. The Hall–Kier alpha value is -2.20. The summed E-state index contributed by atoms with van der Waals surface area (Å²) in [5, 5.41) is 0. The van der Waals surface area contributed by atoms with Gasteiger partial charge in [0, 0.05) is 13.1 Å². The van der Waals surface area contributed by atoms with E-state index in [2.05, 4.69) is 0 Å². The lowest BCUT2D eigenvalue weighted by atomic mass is 10.1. The summed E-state index contributed by atoms with van der Waals surface area (Å²) in [7, 11) is 0. The highest BCUT2D eigenvalue weighted by atomic mass is 19.1. The van der Waals surface area contributed by atoms with Gasteiger partial charge in [-0.25, -0.2) is 4.39 Å². The summed E-state index contributed by atoms with van der Waals surface area (Å²) < 4.78 is 19.5. The first-order chi connectivity index (χ1) is 11.2. The molecule has 2 aromatic rings. The highest BCUT2D eigenvalue weighted by Crippen LogP contribution is 2.17. The first-order valence-corrected chi connectivity index (χ1v) is 7.89. The molecule has 120 valence electrons. The Morgan fingerprint density at radius 3 is 2.65 bits per heavy atom. The maximum atomic E-state index is 13.6. The monoisotopic (exact) mass is 313 g/mol. The minimum atomic E-state index is -0.322. The zero-order chi connectivity index (χ0) is 16.1. The van der Waals surface area contributed by atoms with Gasteiger partial charge in [0.1, 0.15) is 5.82 Å². The van der Waals surface area contributed by atoms with Gasteiger partial charge in [0.15, 0.2) is 0 Å². The van der Waals surface area contributed by atoms with E-state index in [-0.39, 0.29) is 24.2 Å². The molecule has 1 aliphatic heterocycles. The van der Waals surface area contributed by atoms with Crippen LogP contribution >= 0.6 is 0 Å². The van der Waals surface area contributed by atoms with Crippen molar-refractivity contribution >= 4 is 5.91 Å². The minimum absolute atomic E-state index is 0.0408. The van der Waals surface area contributed by atoms with Gasteiger partial charge < -0.3 is 9.64 Å². The van der Waals surface area contributed by atoms with Crippen molar-refractivity contribution < 1.29 is 13.9 Å². The van der Waals surface area contributed by atoms with E-state index in [9.17, 15) is 9.18 Å². The summed E-state index contributed by atoms with van der Waals surface area (Å²) in [5.74, 6) is -0.363. The molecular weight excluding hydrogens is 293 g/mol. The van der Waals surface area contributed by atoms with Crippen LogP contribution in [0.4, 0.5) is 4.39 Å². The Morgan fingerprint density at radius 2 is 1.87 bits per heavy atom. The Labute approximate surface area is 135 Å². The molecule has 1 atom stereocenters.